The van der Waals surface area contributed by atoms with E-state index in [1.807, 2.05) is 4.90 Å². The van der Waals surface area contributed by atoms with E-state index < -0.39 is 73.0 Å². The van der Waals surface area contributed by atoms with Gasteiger partial charge in [-0.3, -0.25) is 4.90 Å². The zero-order valence-electron chi connectivity index (χ0n) is 29.5. The number of halogens is 11. The number of ether oxygens (including phenoxy) is 2. The molecule has 2 aromatic heterocycles. The second-order valence-corrected chi connectivity index (χ2v) is 14.7. The fourth-order valence-corrected chi connectivity index (χ4v) is 8.87. The second kappa shape index (κ2) is 13.4. The third kappa shape index (κ3) is 6.15. The molecule has 57 heavy (non-hydrogen) atoms. The lowest BCUT2D eigenvalue weighted by Gasteiger charge is -2.40. The van der Waals surface area contributed by atoms with Crippen molar-refractivity contribution in [1.82, 2.24) is 25.2 Å². The molecule has 0 spiro atoms. The Kier molecular flexibility index (Phi) is 9.20. The van der Waals surface area contributed by atoms with Crippen LogP contribution in [0.2, 0.25) is 0 Å². The van der Waals surface area contributed by atoms with Gasteiger partial charge in [0.05, 0.1) is 28.3 Å². The Morgan fingerprint density at radius 3 is 2.40 bits per heavy atom. The van der Waals surface area contributed by atoms with Gasteiger partial charge in [-0.25, -0.2) is 13.8 Å². The zero-order valence-corrected chi connectivity index (χ0v) is 29.5. The molecule has 304 valence electrons. The molecule has 0 bridgehead atoms. The van der Waals surface area contributed by atoms with Crippen LogP contribution in [0.1, 0.15) is 36.9 Å². The molecule has 4 aromatic rings. The molecule has 4 aliphatic rings. The lowest BCUT2D eigenvalue weighted by molar-refractivity contribution is -0.463. The second-order valence-electron chi connectivity index (χ2n) is 14.7. The van der Waals surface area contributed by atoms with Crippen molar-refractivity contribution >= 4 is 27.5 Å². The van der Waals surface area contributed by atoms with Gasteiger partial charge in [0.1, 0.15) is 35.2 Å². The molecular formula is C37H31F11N6O3. The highest BCUT2D eigenvalue weighted by atomic mass is 19.4. The molecule has 3 atom stereocenters. The Morgan fingerprint density at radius 1 is 0.965 bits per heavy atom. The van der Waals surface area contributed by atoms with E-state index in [-0.39, 0.29) is 63.7 Å². The summed E-state index contributed by atoms with van der Waals surface area (Å²) >= 11 is 0. The molecule has 0 amide bonds. The van der Waals surface area contributed by atoms with E-state index in [0.29, 0.717) is 50.0 Å². The van der Waals surface area contributed by atoms with Crippen molar-refractivity contribution in [3.63, 3.8) is 0 Å². The number of pyridine rings is 1. The molecule has 20 heteroatoms. The summed E-state index contributed by atoms with van der Waals surface area (Å²) in [5.74, 6) is 0.421. The number of aromatic hydroxyl groups is 1. The standard InChI is InChI=1S/C37H31F11N6O3/c1-2-22-24(38)6-4-18-12-20(55)13-23(26(18)22)29-28(39)30-27-25(50-29)7-5-19-15-49-9-11-54(19)31(27)52-32(51-30)56-17-33-8-3-10-53(33)16-21(14-33)57-34(35(40,41)42,36(43,44)45)37(46,47)48/h1,4,6,12-13,19,21,49,55H,3,5,7-11,14-17H2/t19?,21-,33?/m1/s1. The summed E-state index contributed by atoms with van der Waals surface area (Å²) in [6.45, 7) is 0.363. The van der Waals surface area contributed by atoms with Crippen molar-refractivity contribution in [3.05, 3.63) is 47.2 Å². The number of alkyl halides is 9. The first kappa shape index (κ1) is 39.1. The Bertz CT molecular complexity index is 2270. The van der Waals surface area contributed by atoms with Gasteiger partial charge in [0.15, 0.2) is 5.82 Å². The number of phenolic OH excluding ortho intramolecular Hbond substituents is 1. The highest BCUT2D eigenvalue weighted by Gasteiger charge is 2.86. The van der Waals surface area contributed by atoms with E-state index >= 15 is 4.39 Å². The minimum atomic E-state index is -6.89. The van der Waals surface area contributed by atoms with E-state index in [9.17, 15) is 49.0 Å². The topological polar surface area (TPSA) is 95.9 Å². The van der Waals surface area contributed by atoms with Crippen LogP contribution in [0.5, 0.6) is 11.8 Å². The number of phenols is 1. The Labute approximate surface area is 316 Å². The number of terminal acetylenes is 1. The molecule has 2 N–H and O–H groups in total. The van der Waals surface area contributed by atoms with E-state index in [4.69, 9.17) is 11.2 Å². The van der Waals surface area contributed by atoms with Crippen molar-refractivity contribution < 1.29 is 62.9 Å². The SMILES string of the molecule is C#Cc1c(F)ccc2cc(O)cc(-c3nc4c5c(nc(OCC67CCCN6C[C@H](OC(C(F)(F)F)(C(F)(F)F)C(F)(F)F)C7)nc5c3F)N3CCNCC3CC4)c12. The number of rotatable bonds is 6. The Balaban J connectivity index is 1.21. The van der Waals surface area contributed by atoms with E-state index in [2.05, 4.69) is 30.9 Å². The van der Waals surface area contributed by atoms with Gasteiger partial charge in [0, 0.05) is 43.2 Å². The van der Waals surface area contributed by atoms with Crippen LogP contribution in [0.3, 0.4) is 0 Å². The fraction of sp³-hybridized carbons (Fsp3) is 0.486. The van der Waals surface area contributed by atoms with Gasteiger partial charge < -0.3 is 24.8 Å². The highest BCUT2D eigenvalue weighted by Crippen LogP contribution is 2.57. The summed E-state index contributed by atoms with van der Waals surface area (Å²) in [6, 6.07) is 4.38. The fourth-order valence-electron chi connectivity index (χ4n) is 8.87. The molecule has 0 aliphatic carbocycles. The number of anilines is 1. The largest absolute Gasteiger partial charge is 0.508 e. The first-order valence-electron chi connectivity index (χ1n) is 17.8. The summed E-state index contributed by atoms with van der Waals surface area (Å²) in [5, 5.41) is 14.5. The summed E-state index contributed by atoms with van der Waals surface area (Å²) in [7, 11) is 0. The molecule has 6 heterocycles. The molecule has 2 aromatic carbocycles. The number of hydrogen-bond acceptors (Lipinski definition) is 9. The van der Waals surface area contributed by atoms with Crippen molar-refractivity contribution in [2.24, 2.45) is 0 Å². The monoisotopic (exact) mass is 816 g/mol. The number of benzene rings is 2. The number of nitrogens with zero attached hydrogens (tertiary/aromatic N) is 5. The molecule has 3 fully saturated rings. The zero-order chi connectivity index (χ0) is 40.9. The average Bonchev–Trinajstić information content (AvgIpc) is 3.62. The van der Waals surface area contributed by atoms with Crippen LogP contribution in [0.4, 0.5) is 54.1 Å². The third-order valence-electron chi connectivity index (χ3n) is 11.4. The van der Waals surface area contributed by atoms with Gasteiger partial charge in [0.25, 0.3) is 0 Å². The maximum atomic E-state index is 17.1. The number of piperazine rings is 1. The van der Waals surface area contributed by atoms with E-state index in [1.54, 1.807) is 0 Å². The number of aromatic nitrogens is 3. The van der Waals surface area contributed by atoms with Gasteiger partial charge in [0.2, 0.25) is 0 Å². The highest BCUT2D eigenvalue weighted by molar-refractivity contribution is 6.03. The van der Waals surface area contributed by atoms with E-state index in [0.717, 1.165) is 6.07 Å². The van der Waals surface area contributed by atoms with Crippen molar-refractivity contribution in [2.75, 3.05) is 44.2 Å². The third-order valence-corrected chi connectivity index (χ3v) is 11.4. The summed E-state index contributed by atoms with van der Waals surface area (Å²) in [6.07, 6.45) is -16.5. The molecule has 4 aliphatic heterocycles. The van der Waals surface area contributed by atoms with Crippen molar-refractivity contribution in [2.45, 2.75) is 73.9 Å². The van der Waals surface area contributed by atoms with Crippen LogP contribution >= 0.6 is 0 Å². The molecule has 3 saturated heterocycles. The van der Waals surface area contributed by atoms with Gasteiger partial charge >= 0.3 is 30.1 Å². The molecular weight excluding hydrogens is 785 g/mol. The summed E-state index contributed by atoms with van der Waals surface area (Å²) < 4.78 is 166. The van der Waals surface area contributed by atoms with Crippen LogP contribution in [-0.2, 0) is 11.2 Å². The number of aryl methyl sites for hydroxylation is 1. The molecule has 0 radical (unpaired) electrons. The van der Waals surface area contributed by atoms with Crippen LogP contribution < -0.4 is 15.0 Å². The normalized spacial score (nSPS) is 23.1. The maximum Gasteiger partial charge on any atom is 0.435 e. The van der Waals surface area contributed by atoms with Crippen LogP contribution in [0, 0.1) is 24.0 Å². The lowest BCUT2D eigenvalue weighted by Crippen LogP contribution is -2.68. The van der Waals surface area contributed by atoms with Gasteiger partial charge in [-0.05, 0) is 62.2 Å². The predicted octanol–water partition coefficient (Wildman–Crippen LogP) is 6.96. The smallest absolute Gasteiger partial charge is 0.435 e. The number of nitrogens with one attached hydrogen (secondary N) is 1. The van der Waals surface area contributed by atoms with Crippen LogP contribution in [0.25, 0.3) is 32.9 Å². The van der Waals surface area contributed by atoms with Gasteiger partial charge in [-0.15, -0.1) is 6.42 Å². The molecule has 0 saturated carbocycles. The van der Waals surface area contributed by atoms with Crippen LogP contribution in [0.15, 0.2) is 24.3 Å². The van der Waals surface area contributed by atoms with Crippen molar-refractivity contribution in [3.8, 4) is 35.4 Å². The Morgan fingerprint density at radius 2 is 1.70 bits per heavy atom. The number of fused-ring (bicyclic) bond motifs is 4. The van der Waals surface area contributed by atoms with Gasteiger partial charge in [-0.1, -0.05) is 12.0 Å². The maximum absolute atomic E-state index is 17.1. The average molecular weight is 817 g/mol. The summed E-state index contributed by atoms with van der Waals surface area (Å²) in [4.78, 5) is 17.0. The molecule has 8 rings (SSSR count). The minimum Gasteiger partial charge on any atom is -0.508 e. The quantitative estimate of drug-likeness (QED) is 0.158. The summed E-state index contributed by atoms with van der Waals surface area (Å²) in [5.41, 5.74) is -8.31. The molecule has 9 nitrogen and oxygen atoms in total. The van der Waals surface area contributed by atoms with Crippen molar-refractivity contribution in [1.29, 1.82) is 0 Å². The lowest BCUT2D eigenvalue weighted by atomic mass is 9.93. The first-order chi connectivity index (χ1) is 26.8. The minimum absolute atomic E-state index is 0.0375. The number of hydrogen-bond donors (Lipinski definition) is 2. The first-order valence-corrected chi connectivity index (χ1v) is 17.8. The molecule has 2 unspecified atom stereocenters. The Hall–Kier alpha value is -4.74. The van der Waals surface area contributed by atoms with Gasteiger partial charge in [-0.2, -0.15) is 49.5 Å². The van der Waals surface area contributed by atoms with Crippen LogP contribution in [-0.4, -0.2) is 106 Å². The predicted molar refractivity (Wildman–Crippen MR) is 182 cm³/mol. The van der Waals surface area contributed by atoms with E-state index in [1.165, 1.54) is 23.1 Å².